The van der Waals surface area contributed by atoms with Crippen LogP contribution >= 0.6 is 0 Å². The molecule has 0 aliphatic carbocycles. The molecule has 1 fully saturated rings. The first-order chi connectivity index (χ1) is 24.3. The quantitative estimate of drug-likeness (QED) is 0.0870. The summed E-state index contributed by atoms with van der Waals surface area (Å²) in [5.41, 5.74) is 3.00. The van der Waals surface area contributed by atoms with E-state index < -0.39 is 11.2 Å². The third-order valence-corrected chi connectivity index (χ3v) is 8.13. The Bertz CT molecular complexity index is 1460. The lowest BCUT2D eigenvalue weighted by Gasteiger charge is -2.39. The minimum absolute atomic E-state index is 0.0508. The van der Waals surface area contributed by atoms with E-state index in [4.69, 9.17) is 28.4 Å². The minimum Gasteiger partial charge on any atom is -0.496 e. The smallest absolute Gasteiger partial charge is 0.294 e. The van der Waals surface area contributed by atoms with Crippen LogP contribution in [0.4, 0.5) is 0 Å². The normalized spacial score (nSPS) is 17.8. The van der Waals surface area contributed by atoms with Gasteiger partial charge in [-0.15, -0.1) is 10.1 Å². The lowest BCUT2D eigenvalue weighted by molar-refractivity contribution is -0.768. The fourth-order valence-electron chi connectivity index (χ4n) is 5.77. The van der Waals surface area contributed by atoms with Gasteiger partial charge in [0.15, 0.2) is 0 Å². The van der Waals surface area contributed by atoms with E-state index in [1.807, 2.05) is 72.8 Å². The van der Waals surface area contributed by atoms with Gasteiger partial charge in [-0.1, -0.05) is 48.5 Å². The average Bonchev–Trinajstić information content (AvgIpc) is 3.11. The Hall–Kier alpha value is -4.43. The third kappa shape index (κ3) is 12.8. The second-order valence-corrected chi connectivity index (χ2v) is 11.9. The molecule has 0 aromatic heterocycles. The van der Waals surface area contributed by atoms with Crippen molar-refractivity contribution in [3.05, 3.63) is 99.6 Å². The Labute approximate surface area is 293 Å². The summed E-state index contributed by atoms with van der Waals surface area (Å²) in [5.74, 6) is 2.06. The zero-order chi connectivity index (χ0) is 35.6. The van der Waals surface area contributed by atoms with Gasteiger partial charge in [-0.05, 0) is 48.7 Å². The standard InChI is InChI=1S/C37H49N3O10/c1-27(50-40(42)43)25-49-36-24-38-23-35(48-22-21-47-34-12-7-4-9-29(34)17-18-39-28(2)41)37(36)30-13-15-32(16-14-30)46-20-8-19-45-26-31-10-5-6-11-33(31)44-3/h4-7,9-16,27,35-38H,8,17-26H2,1-3H3,(H,39,41)/t27?,35-,36+,37+/m0/s1. The maximum Gasteiger partial charge on any atom is 0.294 e. The molecular formula is C37H49N3O10. The molecule has 0 saturated carbocycles. The van der Waals surface area contributed by atoms with E-state index in [-0.39, 0.29) is 30.6 Å². The van der Waals surface area contributed by atoms with Crippen LogP contribution in [-0.2, 0) is 36.9 Å². The summed E-state index contributed by atoms with van der Waals surface area (Å²) in [6.45, 7) is 6.98. The molecule has 3 aromatic carbocycles. The van der Waals surface area contributed by atoms with Crippen LogP contribution in [0.15, 0.2) is 72.8 Å². The molecule has 1 heterocycles. The lowest BCUT2D eigenvalue weighted by atomic mass is 9.85. The maximum absolute atomic E-state index is 11.3. The van der Waals surface area contributed by atoms with Crippen LogP contribution in [0.3, 0.4) is 0 Å². The Morgan fingerprint density at radius 2 is 1.60 bits per heavy atom. The monoisotopic (exact) mass is 695 g/mol. The molecule has 272 valence electrons. The van der Waals surface area contributed by atoms with E-state index in [2.05, 4.69) is 15.5 Å². The summed E-state index contributed by atoms with van der Waals surface area (Å²) in [6.07, 6.45) is 0.0738. The molecule has 0 bridgehead atoms. The molecule has 0 spiro atoms. The van der Waals surface area contributed by atoms with E-state index in [0.29, 0.717) is 59.1 Å². The van der Waals surface area contributed by atoms with E-state index >= 15 is 0 Å². The fraction of sp³-hybridized carbons (Fsp3) is 0.486. The van der Waals surface area contributed by atoms with Crippen LogP contribution in [-0.4, -0.2) is 89.1 Å². The van der Waals surface area contributed by atoms with Crippen molar-refractivity contribution in [2.24, 2.45) is 0 Å². The van der Waals surface area contributed by atoms with Gasteiger partial charge in [-0.25, -0.2) is 0 Å². The van der Waals surface area contributed by atoms with Crippen molar-refractivity contribution in [2.75, 3.05) is 59.8 Å². The van der Waals surface area contributed by atoms with Crippen LogP contribution < -0.4 is 24.8 Å². The lowest BCUT2D eigenvalue weighted by Crippen LogP contribution is -2.51. The number of para-hydroxylation sites is 2. The summed E-state index contributed by atoms with van der Waals surface area (Å²) >= 11 is 0. The number of ether oxygens (including phenoxy) is 6. The molecule has 0 radical (unpaired) electrons. The molecule has 13 heteroatoms. The predicted octanol–water partition coefficient (Wildman–Crippen LogP) is 4.49. The molecule has 1 amide bonds. The minimum atomic E-state index is -0.806. The highest BCUT2D eigenvalue weighted by molar-refractivity contribution is 5.72. The number of piperidine rings is 1. The van der Waals surface area contributed by atoms with Crippen molar-refractivity contribution in [2.45, 2.75) is 57.5 Å². The zero-order valence-electron chi connectivity index (χ0n) is 29.0. The number of rotatable bonds is 22. The number of nitrogens with one attached hydrogen (secondary N) is 2. The Balaban J connectivity index is 1.31. The summed E-state index contributed by atoms with van der Waals surface area (Å²) in [6, 6.07) is 23.4. The second-order valence-electron chi connectivity index (χ2n) is 11.9. The Morgan fingerprint density at radius 3 is 2.32 bits per heavy atom. The van der Waals surface area contributed by atoms with Crippen molar-refractivity contribution in [1.29, 1.82) is 0 Å². The molecule has 1 aliphatic rings. The molecule has 50 heavy (non-hydrogen) atoms. The number of carbonyl (C=O) groups is 1. The van der Waals surface area contributed by atoms with Crippen molar-refractivity contribution >= 4 is 5.91 Å². The third-order valence-electron chi connectivity index (χ3n) is 8.13. The van der Waals surface area contributed by atoms with Gasteiger partial charge in [0.2, 0.25) is 5.91 Å². The summed E-state index contributed by atoms with van der Waals surface area (Å²) in [5, 5.41) is 16.2. The van der Waals surface area contributed by atoms with Gasteiger partial charge >= 0.3 is 0 Å². The van der Waals surface area contributed by atoms with Crippen LogP contribution in [0.5, 0.6) is 17.2 Å². The maximum atomic E-state index is 11.3. The number of hydrogen-bond acceptors (Lipinski definition) is 11. The number of amides is 1. The molecule has 4 rings (SSSR count). The molecule has 3 aromatic rings. The van der Waals surface area contributed by atoms with E-state index in [9.17, 15) is 14.9 Å². The van der Waals surface area contributed by atoms with Crippen LogP contribution in [0.25, 0.3) is 0 Å². The van der Waals surface area contributed by atoms with E-state index in [1.165, 1.54) is 6.92 Å². The highest BCUT2D eigenvalue weighted by atomic mass is 17.0. The van der Waals surface area contributed by atoms with Crippen LogP contribution in [0.2, 0.25) is 0 Å². The van der Waals surface area contributed by atoms with Crippen molar-refractivity contribution in [1.82, 2.24) is 10.6 Å². The van der Waals surface area contributed by atoms with Gasteiger partial charge in [-0.3, -0.25) is 4.79 Å². The van der Waals surface area contributed by atoms with Crippen molar-refractivity contribution in [3.63, 3.8) is 0 Å². The molecule has 4 atom stereocenters. The number of benzene rings is 3. The van der Waals surface area contributed by atoms with Crippen LogP contribution in [0.1, 0.15) is 42.9 Å². The first-order valence-electron chi connectivity index (χ1n) is 17.0. The topological polar surface area (TPSA) is 149 Å². The van der Waals surface area contributed by atoms with Crippen molar-refractivity contribution < 1.29 is 43.1 Å². The summed E-state index contributed by atoms with van der Waals surface area (Å²) in [4.78, 5) is 26.8. The Kier molecular flexibility index (Phi) is 16.1. The zero-order valence-corrected chi connectivity index (χ0v) is 29.0. The molecule has 1 aliphatic heterocycles. The highest BCUT2D eigenvalue weighted by Gasteiger charge is 2.36. The second kappa shape index (κ2) is 20.9. The first-order valence-corrected chi connectivity index (χ1v) is 17.0. The summed E-state index contributed by atoms with van der Waals surface area (Å²) in [7, 11) is 1.65. The van der Waals surface area contributed by atoms with Gasteiger partial charge in [0.1, 0.15) is 30.0 Å². The van der Waals surface area contributed by atoms with Gasteiger partial charge in [-0.2, -0.15) is 0 Å². The van der Waals surface area contributed by atoms with E-state index in [0.717, 1.165) is 40.4 Å². The predicted molar refractivity (Wildman–Crippen MR) is 186 cm³/mol. The number of nitrogens with zero attached hydrogens (tertiary/aromatic N) is 1. The molecule has 13 nitrogen and oxygen atoms in total. The SMILES string of the molecule is COc1ccccc1COCCCOc1ccc([C@@H]2[C@@H](OCCOc3ccccc3CCNC(C)=O)CNC[C@H]2OCC(C)O[N+](=O)[O-])cc1. The molecule has 1 saturated heterocycles. The van der Waals surface area contributed by atoms with Gasteiger partial charge < -0.3 is 43.9 Å². The average molecular weight is 696 g/mol. The molecular weight excluding hydrogens is 646 g/mol. The highest BCUT2D eigenvalue weighted by Crippen LogP contribution is 2.32. The Morgan fingerprint density at radius 1 is 0.900 bits per heavy atom. The van der Waals surface area contributed by atoms with E-state index in [1.54, 1.807) is 14.0 Å². The van der Waals surface area contributed by atoms with Gasteiger partial charge in [0.25, 0.3) is 5.09 Å². The van der Waals surface area contributed by atoms with Crippen LogP contribution in [0, 0.1) is 10.1 Å². The molecule has 2 N–H and O–H groups in total. The van der Waals surface area contributed by atoms with Gasteiger partial charge in [0, 0.05) is 44.5 Å². The van der Waals surface area contributed by atoms with Gasteiger partial charge in [0.05, 0.1) is 52.4 Å². The number of carbonyl (C=O) groups excluding carboxylic acids is 1. The number of hydrogen-bond donors (Lipinski definition) is 2. The number of methoxy groups -OCH3 is 1. The fourth-order valence-corrected chi connectivity index (χ4v) is 5.77. The first kappa shape index (κ1) is 38.4. The summed E-state index contributed by atoms with van der Waals surface area (Å²) < 4.78 is 35.8. The van der Waals surface area contributed by atoms with Crippen molar-refractivity contribution in [3.8, 4) is 17.2 Å². The molecule has 1 unspecified atom stereocenters. The largest absolute Gasteiger partial charge is 0.496 e.